The van der Waals surface area contributed by atoms with Crippen LogP contribution in [0.4, 0.5) is 0 Å². The fourth-order valence-corrected chi connectivity index (χ4v) is 3.54. The van der Waals surface area contributed by atoms with Gasteiger partial charge in [0.2, 0.25) is 0 Å². The van der Waals surface area contributed by atoms with E-state index in [-0.39, 0.29) is 0 Å². The number of benzene rings is 1. The van der Waals surface area contributed by atoms with Crippen molar-refractivity contribution in [1.82, 2.24) is 4.90 Å². The van der Waals surface area contributed by atoms with Crippen molar-refractivity contribution in [2.45, 2.75) is 37.6 Å². The molecule has 0 spiro atoms. The molecule has 1 aromatic rings. The van der Waals surface area contributed by atoms with Crippen molar-refractivity contribution in [3.63, 3.8) is 0 Å². The number of hydrogen-bond donors (Lipinski definition) is 1. The van der Waals surface area contributed by atoms with Gasteiger partial charge in [0.25, 0.3) is 0 Å². The van der Waals surface area contributed by atoms with Crippen LogP contribution in [0, 0.1) is 5.92 Å². The summed E-state index contributed by atoms with van der Waals surface area (Å²) in [5, 5.41) is 0. The summed E-state index contributed by atoms with van der Waals surface area (Å²) in [4.78, 5) is 2.52. The minimum atomic E-state index is 0.542. The molecule has 1 aliphatic heterocycles. The number of nitrogens with zero attached hydrogens (tertiary/aromatic N) is 1. The predicted molar refractivity (Wildman–Crippen MR) is 75.6 cm³/mol. The highest BCUT2D eigenvalue weighted by Crippen LogP contribution is 2.46. The van der Waals surface area contributed by atoms with E-state index in [1.54, 1.807) is 11.1 Å². The van der Waals surface area contributed by atoms with Crippen molar-refractivity contribution in [1.29, 1.82) is 0 Å². The van der Waals surface area contributed by atoms with Crippen LogP contribution in [0.25, 0.3) is 0 Å². The van der Waals surface area contributed by atoms with Crippen LogP contribution in [-0.2, 0) is 0 Å². The maximum Gasteiger partial charge on any atom is 0.0388 e. The van der Waals surface area contributed by atoms with E-state index in [4.69, 9.17) is 5.73 Å². The first-order chi connectivity index (χ1) is 8.81. The highest BCUT2D eigenvalue weighted by atomic mass is 15.1. The van der Waals surface area contributed by atoms with Crippen LogP contribution in [0.15, 0.2) is 24.3 Å². The largest absolute Gasteiger partial charge is 0.330 e. The maximum absolute atomic E-state index is 6.01. The molecule has 18 heavy (non-hydrogen) atoms. The Labute approximate surface area is 110 Å². The minimum Gasteiger partial charge on any atom is -0.330 e. The molecule has 3 rings (SSSR count). The van der Waals surface area contributed by atoms with Crippen LogP contribution in [0.1, 0.15) is 48.8 Å². The molecule has 2 fully saturated rings. The Bertz CT molecular complexity index is 411. The van der Waals surface area contributed by atoms with Gasteiger partial charge in [-0.3, -0.25) is 4.90 Å². The van der Waals surface area contributed by atoms with Gasteiger partial charge in [0.1, 0.15) is 0 Å². The van der Waals surface area contributed by atoms with Gasteiger partial charge in [-0.2, -0.15) is 0 Å². The number of hydrogen-bond acceptors (Lipinski definition) is 2. The molecule has 2 unspecified atom stereocenters. The van der Waals surface area contributed by atoms with Crippen LogP contribution < -0.4 is 5.73 Å². The summed E-state index contributed by atoms with van der Waals surface area (Å²) in [6, 6.07) is 9.60. The summed E-state index contributed by atoms with van der Waals surface area (Å²) in [6.07, 6.45) is 5.33. The van der Waals surface area contributed by atoms with Crippen molar-refractivity contribution in [2.75, 3.05) is 20.1 Å². The van der Waals surface area contributed by atoms with Gasteiger partial charge in [0, 0.05) is 6.04 Å². The molecule has 0 amide bonds. The van der Waals surface area contributed by atoms with Gasteiger partial charge < -0.3 is 5.73 Å². The summed E-state index contributed by atoms with van der Waals surface area (Å²) in [5.74, 6) is 1.46. The van der Waals surface area contributed by atoms with Gasteiger partial charge in [-0.1, -0.05) is 24.3 Å². The lowest BCUT2D eigenvalue weighted by Gasteiger charge is -2.40. The molecule has 0 bridgehead atoms. The molecular weight excluding hydrogens is 220 g/mol. The zero-order valence-electron chi connectivity index (χ0n) is 11.3. The van der Waals surface area contributed by atoms with Crippen LogP contribution >= 0.6 is 0 Å². The van der Waals surface area contributed by atoms with Gasteiger partial charge in [-0.15, -0.1) is 0 Å². The molecule has 2 nitrogen and oxygen atoms in total. The van der Waals surface area contributed by atoms with Gasteiger partial charge in [0.05, 0.1) is 0 Å². The number of likely N-dealkylation sites (tertiary alicyclic amines) is 1. The predicted octanol–water partition coefficient (Wildman–Crippen LogP) is 2.91. The molecule has 1 aliphatic carbocycles. The molecule has 98 valence electrons. The van der Waals surface area contributed by atoms with Crippen LogP contribution in [0.3, 0.4) is 0 Å². The Hall–Kier alpha value is -0.860. The monoisotopic (exact) mass is 244 g/mol. The third kappa shape index (κ3) is 2.19. The molecule has 1 heterocycles. The first-order valence-electron chi connectivity index (χ1n) is 7.30. The normalized spacial score (nSPS) is 29.4. The average molecular weight is 244 g/mol. The average Bonchev–Trinajstić information content (AvgIpc) is 3.23. The Morgan fingerprint density at radius 3 is 2.56 bits per heavy atom. The fraction of sp³-hybridized carbons (Fsp3) is 0.625. The Morgan fingerprint density at radius 2 is 1.89 bits per heavy atom. The minimum absolute atomic E-state index is 0.542. The number of rotatable bonds is 3. The molecular formula is C16H24N2. The summed E-state index contributed by atoms with van der Waals surface area (Å²) < 4.78 is 0. The standard InChI is InChI=1S/C16H24N2/c1-18-10-4-5-13(11-17)16(18)15-7-3-2-6-14(15)12-8-9-12/h2-3,6-7,12-13,16H,4-5,8-11,17H2,1H3. The quantitative estimate of drug-likeness (QED) is 0.886. The Morgan fingerprint density at radius 1 is 1.17 bits per heavy atom. The van der Waals surface area contributed by atoms with Gasteiger partial charge in [-0.25, -0.2) is 0 Å². The third-order valence-electron chi connectivity index (χ3n) is 4.64. The second kappa shape index (κ2) is 5.02. The maximum atomic E-state index is 6.01. The summed E-state index contributed by atoms with van der Waals surface area (Å²) in [7, 11) is 2.26. The van der Waals surface area contributed by atoms with E-state index in [0.717, 1.165) is 12.5 Å². The van der Waals surface area contributed by atoms with E-state index in [1.165, 1.54) is 32.2 Å². The summed E-state index contributed by atoms with van der Waals surface area (Å²) in [5.41, 5.74) is 9.15. The van der Waals surface area contributed by atoms with E-state index >= 15 is 0 Å². The van der Waals surface area contributed by atoms with Crippen LogP contribution in [0.2, 0.25) is 0 Å². The number of piperidine rings is 1. The zero-order chi connectivity index (χ0) is 12.5. The molecule has 1 saturated heterocycles. The molecule has 0 radical (unpaired) electrons. The molecule has 1 aromatic carbocycles. The first kappa shape index (κ1) is 12.2. The molecule has 2 N–H and O–H groups in total. The highest BCUT2D eigenvalue weighted by Gasteiger charge is 2.34. The first-order valence-corrected chi connectivity index (χ1v) is 7.30. The molecule has 1 saturated carbocycles. The summed E-state index contributed by atoms with van der Waals surface area (Å²) >= 11 is 0. The van der Waals surface area contributed by atoms with Gasteiger partial charge >= 0.3 is 0 Å². The van der Waals surface area contributed by atoms with Gasteiger partial charge in [-0.05, 0) is 68.8 Å². The number of nitrogens with two attached hydrogens (primary N) is 1. The van der Waals surface area contributed by atoms with Crippen molar-refractivity contribution in [3.05, 3.63) is 35.4 Å². The highest BCUT2D eigenvalue weighted by molar-refractivity contribution is 5.36. The molecule has 0 aromatic heterocycles. The lowest BCUT2D eigenvalue weighted by molar-refractivity contribution is 0.124. The van der Waals surface area contributed by atoms with Gasteiger partial charge in [0.15, 0.2) is 0 Å². The second-order valence-corrected chi connectivity index (χ2v) is 5.97. The van der Waals surface area contributed by atoms with E-state index < -0.39 is 0 Å². The van der Waals surface area contributed by atoms with E-state index in [0.29, 0.717) is 12.0 Å². The van der Waals surface area contributed by atoms with Crippen LogP contribution in [-0.4, -0.2) is 25.0 Å². The lowest BCUT2D eigenvalue weighted by Crippen LogP contribution is -2.39. The lowest BCUT2D eigenvalue weighted by atomic mass is 9.82. The van der Waals surface area contributed by atoms with Crippen LogP contribution in [0.5, 0.6) is 0 Å². The third-order valence-corrected chi connectivity index (χ3v) is 4.64. The Kier molecular flexibility index (Phi) is 3.40. The molecule has 2 atom stereocenters. The molecule has 2 heteroatoms. The molecule has 2 aliphatic rings. The summed E-state index contributed by atoms with van der Waals surface area (Å²) in [6.45, 7) is 2.02. The second-order valence-electron chi connectivity index (χ2n) is 5.97. The van der Waals surface area contributed by atoms with E-state index in [1.807, 2.05) is 0 Å². The van der Waals surface area contributed by atoms with Crippen molar-refractivity contribution in [3.8, 4) is 0 Å². The fourth-order valence-electron chi connectivity index (χ4n) is 3.54. The van der Waals surface area contributed by atoms with Crippen molar-refractivity contribution < 1.29 is 0 Å². The van der Waals surface area contributed by atoms with E-state index in [2.05, 4.69) is 36.2 Å². The SMILES string of the molecule is CN1CCCC(CN)C1c1ccccc1C1CC1. The van der Waals surface area contributed by atoms with Crippen molar-refractivity contribution >= 4 is 0 Å². The zero-order valence-corrected chi connectivity index (χ0v) is 11.3. The van der Waals surface area contributed by atoms with Crippen molar-refractivity contribution in [2.24, 2.45) is 11.7 Å². The smallest absolute Gasteiger partial charge is 0.0388 e. The Balaban J connectivity index is 1.95. The topological polar surface area (TPSA) is 29.3 Å². The van der Waals surface area contributed by atoms with E-state index in [9.17, 15) is 0 Å².